The molecule has 0 spiro atoms. The summed E-state index contributed by atoms with van der Waals surface area (Å²) >= 11 is 0. The first kappa shape index (κ1) is 11.2. The van der Waals surface area contributed by atoms with Crippen LogP contribution in [0.3, 0.4) is 0 Å². The molecule has 0 aliphatic heterocycles. The van der Waals surface area contributed by atoms with E-state index in [2.05, 4.69) is 64.5 Å². The molecule has 16 heavy (non-hydrogen) atoms. The van der Waals surface area contributed by atoms with Crippen LogP contribution in [0.25, 0.3) is 5.57 Å². The van der Waals surface area contributed by atoms with Gasteiger partial charge in [0.05, 0.1) is 0 Å². The van der Waals surface area contributed by atoms with Gasteiger partial charge in [-0.3, -0.25) is 0 Å². The van der Waals surface area contributed by atoms with E-state index in [1.54, 1.807) is 0 Å². The Morgan fingerprint density at radius 3 is 2.31 bits per heavy atom. The van der Waals surface area contributed by atoms with Crippen molar-refractivity contribution in [3.63, 3.8) is 0 Å². The quantitative estimate of drug-likeness (QED) is 0.642. The fourth-order valence-corrected chi connectivity index (χ4v) is 1.94. The summed E-state index contributed by atoms with van der Waals surface area (Å²) in [4.78, 5) is 0. The molecule has 0 N–H and O–H groups in total. The van der Waals surface area contributed by atoms with Gasteiger partial charge in [0.15, 0.2) is 0 Å². The van der Waals surface area contributed by atoms with Gasteiger partial charge in [0.2, 0.25) is 0 Å². The largest absolute Gasteiger partial charge is 0.0699 e. The van der Waals surface area contributed by atoms with Crippen LogP contribution in [0, 0.1) is 26.2 Å². The van der Waals surface area contributed by atoms with Crippen molar-refractivity contribution in [2.24, 2.45) is 5.92 Å². The molecule has 0 nitrogen and oxygen atoms in total. The second-order valence-corrected chi connectivity index (χ2v) is 4.79. The molecule has 1 unspecified atom stereocenters. The summed E-state index contributed by atoms with van der Waals surface area (Å²) in [7, 11) is 0. The third-order valence-corrected chi connectivity index (χ3v) is 3.51. The molecule has 0 heteroatoms. The highest BCUT2D eigenvalue weighted by atomic mass is 14.2. The molecule has 0 amide bonds. The minimum Gasteiger partial charge on any atom is -0.0699 e. The number of hydrogen-bond donors (Lipinski definition) is 0. The van der Waals surface area contributed by atoms with Crippen LogP contribution in [0.15, 0.2) is 35.9 Å². The number of allylic oxidation sites excluding steroid dienone is 4. The molecule has 1 atom stereocenters. The van der Waals surface area contributed by atoms with E-state index in [1.807, 2.05) is 0 Å². The standard InChI is InChI=1S/C16H19/c1-11-5-7-15(9-13(11)3)16-8-6-12(2)14(4)10-16/h5-10,13H,1-4H3. The van der Waals surface area contributed by atoms with E-state index in [-0.39, 0.29) is 0 Å². The van der Waals surface area contributed by atoms with Crippen molar-refractivity contribution < 1.29 is 0 Å². The third-order valence-electron chi connectivity index (χ3n) is 3.51. The first-order valence-corrected chi connectivity index (χ1v) is 5.89. The van der Waals surface area contributed by atoms with Gasteiger partial charge in [0.1, 0.15) is 0 Å². The maximum absolute atomic E-state index is 2.35. The van der Waals surface area contributed by atoms with Crippen LogP contribution < -0.4 is 0 Å². The smallest absolute Gasteiger partial charge is 0.00183 e. The van der Waals surface area contributed by atoms with E-state index in [0.29, 0.717) is 5.92 Å². The van der Waals surface area contributed by atoms with Crippen molar-refractivity contribution in [1.82, 2.24) is 0 Å². The van der Waals surface area contributed by atoms with Gasteiger partial charge in [-0.15, -0.1) is 0 Å². The van der Waals surface area contributed by atoms with Crippen LogP contribution in [-0.4, -0.2) is 0 Å². The van der Waals surface area contributed by atoms with Gasteiger partial charge in [-0.25, -0.2) is 0 Å². The molecule has 0 bridgehead atoms. The Bertz CT molecular complexity index is 461. The predicted molar refractivity (Wildman–Crippen MR) is 71.1 cm³/mol. The molecule has 0 saturated heterocycles. The van der Waals surface area contributed by atoms with Crippen LogP contribution in [0.5, 0.6) is 0 Å². The normalized spacial score (nSPS) is 20.4. The molecule has 1 aromatic rings. The molecule has 0 fully saturated rings. The molecular weight excluding hydrogens is 192 g/mol. The molecule has 1 aliphatic rings. The van der Waals surface area contributed by atoms with Crippen molar-refractivity contribution in [2.75, 3.05) is 0 Å². The van der Waals surface area contributed by atoms with Gasteiger partial charge in [0.25, 0.3) is 0 Å². The van der Waals surface area contributed by atoms with Gasteiger partial charge in [-0.05, 0) is 55.4 Å². The fourth-order valence-electron chi connectivity index (χ4n) is 1.94. The summed E-state index contributed by atoms with van der Waals surface area (Å²) in [5, 5.41) is 0. The fraction of sp³-hybridized carbons (Fsp3) is 0.312. The lowest BCUT2D eigenvalue weighted by molar-refractivity contribution is 0.815. The Morgan fingerprint density at radius 1 is 0.938 bits per heavy atom. The van der Waals surface area contributed by atoms with Crippen LogP contribution in [-0.2, 0) is 0 Å². The second kappa shape index (κ2) is 4.29. The average Bonchev–Trinajstić information content (AvgIpc) is 2.26. The molecule has 1 radical (unpaired) electrons. The van der Waals surface area contributed by atoms with Crippen molar-refractivity contribution in [3.8, 4) is 0 Å². The minimum absolute atomic E-state index is 0.557. The van der Waals surface area contributed by atoms with Gasteiger partial charge in [0, 0.05) is 0 Å². The van der Waals surface area contributed by atoms with Crippen molar-refractivity contribution in [3.05, 3.63) is 59.0 Å². The molecule has 2 rings (SSSR count). The van der Waals surface area contributed by atoms with E-state index in [4.69, 9.17) is 0 Å². The lowest BCUT2D eigenvalue weighted by Gasteiger charge is -2.19. The van der Waals surface area contributed by atoms with E-state index >= 15 is 0 Å². The minimum atomic E-state index is 0.557. The monoisotopic (exact) mass is 211 g/mol. The Labute approximate surface area is 98.7 Å². The van der Waals surface area contributed by atoms with Crippen molar-refractivity contribution in [1.29, 1.82) is 0 Å². The molecule has 0 heterocycles. The zero-order valence-electron chi connectivity index (χ0n) is 10.5. The number of benzene rings is 1. The summed E-state index contributed by atoms with van der Waals surface area (Å²) < 4.78 is 0. The predicted octanol–water partition coefficient (Wildman–Crippen LogP) is 4.49. The highest BCUT2D eigenvalue weighted by molar-refractivity contribution is 5.76. The topological polar surface area (TPSA) is 0 Å². The third kappa shape index (κ3) is 2.11. The Balaban J connectivity index is 2.35. The maximum atomic E-state index is 2.35. The Morgan fingerprint density at radius 2 is 1.69 bits per heavy atom. The first-order chi connectivity index (χ1) is 7.58. The molecular formula is C16H19. The zero-order chi connectivity index (χ0) is 11.7. The van der Waals surface area contributed by atoms with Crippen LogP contribution in [0.1, 0.15) is 30.5 Å². The van der Waals surface area contributed by atoms with Gasteiger partial charge < -0.3 is 0 Å². The summed E-state index contributed by atoms with van der Waals surface area (Å²) in [5.74, 6) is 0.557. The zero-order valence-corrected chi connectivity index (χ0v) is 10.5. The lowest BCUT2D eigenvalue weighted by atomic mass is 9.86. The Hall–Kier alpha value is -1.30. The van der Waals surface area contributed by atoms with Crippen LogP contribution in [0.2, 0.25) is 0 Å². The second-order valence-electron chi connectivity index (χ2n) is 4.79. The molecule has 83 valence electrons. The van der Waals surface area contributed by atoms with Gasteiger partial charge >= 0.3 is 0 Å². The number of hydrogen-bond acceptors (Lipinski definition) is 0. The number of rotatable bonds is 1. The van der Waals surface area contributed by atoms with E-state index < -0.39 is 0 Å². The molecule has 1 aromatic carbocycles. The molecule has 0 aromatic heterocycles. The highest BCUT2D eigenvalue weighted by Crippen LogP contribution is 2.30. The van der Waals surface area contributed by atoms with Crippen LogP contribution in [0.4, 0.5) is 0 Å². The van der Waals surface area contributed by atoms with Gasteiger partial charge in [-0.1, -0.05) is 42.8 Å². The summed E-state index contributed by atoms with van der Waals surface area (Å²) in [6, 6.07) is 6.69. The van der Waals surface area contributed by atoms with E-state index in [1.165, 1.54) is 27.8 Å². The van der Waals surface area contributed by atoms with Gasteiger partial charge in [-0.2, -0.15) is 0 Å². The average molecular weight is 211 g/mol. The summed E-state index contributed by atoms with van der Waals surface area (Å²) in [6.07, 6.45) is 6.80. The van der Waals surface area contributed by atoms with Crippen molar-refractivity contribution >= 4 is 5.57 Å². The van der Waals surface area contributed by atoms with E-state index in [0.717, 1.165) is 0 Å². The summed E-state index contributed by atoms with van der Waals surface area (Å²) in [5.41, 5.74) is 6.85. The maximum Gasteiger partial charge on any atom is -0.00183 e. The van der Waals surface area contributed by atoms with E-state index in [9.17, 15) is 0 Å². The Kier molecular flexibility index (Phi) is 3.00. The first-order valence-electron chi connectivity index (χ1n) is 5.89. The SMILES string of the molecule is CC1=CC=C(c2ccc(C)c(C)c2)[CH]C1C. The van der Waals surface area contributed by atoms with Crippen LogP contribution >= 0.6 is 0 Å². The molecule has 0 saturated carbocycles. The number of aryl methyl sites for hydroxylation is 2. The lowest BCUT2D eigenvalue weighted by Crippen LogP contribution is -2.03. The highest BCUT2D eigenvalue weighted by Gasteiger charge is 2.13. The van der Waals surface area contributed by atoms with Crippen molar-refractivity contribution in [2.45, 2.75) is 27.7 Å². The molecule has 1 aliphatic carbocycles. The summed E-state index contributed by atoms with van der Waals surface area (Å²) in [6.45, 7) is 8.77.